The fourth-order valence-corrected chi connectivity index (χ4v) is 5.91. The summed E-state index contributed by atoms with van der Waals surface area (Å²) in [6.45, 7) is 4.79. The lowest BCUT2D eigenvalue weighted by molar-refractivity contribution is -0.0505. The number of rotatable bonds is 5. The molecule has 4 aromatic heterocycles. The van der Waals surface area contributed by atoms with Gasteiger partial charge < -0.3 is 10.2 Å². The maximum absolute atomic E-state index is 14.0. The molecule has 2 atom stereocenters. The molecule has 1 amide bonds. The van der Waals surface area contributed by atoms with E-state index >= 15 is 0 Å². The van der Waals surface area contributed by atoms with Gasteiger partial charge in [0.15, 0.2) is 10.8 Å². The third-order valence-corrected chi connectivity index (χ3v) is 7.90. The number of aromatic nitrogens is 6. The Hall–Kier alpha value is -3.40. The highest BCUT2D eigenvalue weighted by Gasteiger charge is 2.51. The number of fused-ring (bicyclic) bond motifs is 3. The first-order valence-corrected chi connectivity index (χ1v) is 12.0. The largest absolute Gasteiger partial charge is 0.359 e. The van der Waals surface area contributed by atoms with Crippen LogP contribution in [0.25, 0.3) is 16.0 Å². The molecule has 3 aliphatic rings. The van der Waals surface area contributed by atoms with Gasteiger partial charge in [-0.1, -0.05) is 18.3 Å². The van der Waals surface area contributed by atoms with Crippen LogP contribution in [0.4, 0.5) is 5.13 Å². The summed E-state index contributed by atoms with van der Waals surface area (Å²) in [6.07, 6.45) is 7.09. The van der Waals surface area contributed by atoms with Gasteiger partial charge in [-0.05, 0) is 55.9 Å². The van der Waals surface area contributed by atoms with Crippen molar-refractivity contribution in [2.24, 2.45) is 11.8 Å². The van der Waals surface area contributed by atoms with Crippen molar-refractivity contribution in [2.45, 2.75) is 38.8 Å². The zero-order chi connectivity index (χ0) is 22.5. The van der Waals surface area contributed by atoms with Crippen LogP contribution in [0.1, 0.15) is 35.9 Å². The van der Waals surface area contributed by atoms with Gasteiger partial charge in [0.1, 0.15) is 16.0 Å². The number of carbonyl (C=O) groups is 1. The van der Waals surface area contributed by atoms with Crippen LogP contribution in [-0.4, -0.2) is 59.4 Å². The third kappa shape index (κ3) is 3.45. The first kappa shape index (κ1) is 20.2. The van der Waals surface area contributed by atoms with E-state index in [1.165, 1.54) is 16.1 Å². The lowest BCUT2D eigenvalue weighted by Gasteiger charge is -2.57. The molecule has 7 rings (SSSR count). The number of nitrogens with zero attached hydrogens (tertiary/aromatic N) is 7. The van der Waals surface area contributed by atoms with Crippen LogP contribution in [0.5, 0.6) is 0 Å². The van der Waals surface area contributed by atoms with Gasteiger partial charge in [0.05, 0.1) is 18.4 Å². The Morgan fingerprint density at radius 2 is 1.97 bits per heavy atom. The number of anilines is 1. The Balaban J connectivity index is 1.31. The quantitative estimate of drug-likeness (QED) is 0.487. The molecule has 3 fully saturated rings. The highest BCUT2D eigenvalue weighted by Crippen LogP contribution is 2.47. The van der Waals surface area contributed by atoms with E-state index in [0.29, 0.717) is 29.8 Å². The van der Waals surface area contributed by atoms with E-state index in [-0.39, 0.29) is 18.0 Å². The molecular formula is C23H24N8OS. The standard InChI is InChI=1S/C23H24N8OS/c1-13-5-6-18(31-26-8-9-27-31)20(28-13)22(32)30-16-10-15(11-16)14(2)19(30)12-25-23-29-17-4-3-7-24-21(17)33-23/h3-9,14-16,19H,10-12H2,1-2H3,(H,25,29)/t14-,15?,16?,19?/m1/s1. The number of thiazole rings is 1. The Labute approximate surface area is 194 Å². The SMILES string of the molecule is Cc1ccc(-n2nccn2)c(C(=O)N2C3CC(C3)[C@@H](C)C2CNc2nc3cccnc3s2)n1. The monoisotopic (exact) mass is 460 g/mol. The van der Waals surface area contributed by atoms with E-state index < -0.39 is 0 Å². The highest BCUT2D eigenvalue weighted by atomic mass is 32.1. The van der Waals surface area contributed by atoms with Crippen molar-refractivity contribution < 1.29 is 4.79 Å². The fourth-order valence-electron chi connectivity index (χ4n) is 5.09. The van der Waals surface area contributed by atoms with Crippen molar-refractivity contribution in [3.8, 4) is 5.69 Å². The van der Waals surface area contributed by atoms with Crippen LogP contribution in [0.2, 0.25) is 0 Å². The number of hydrogen-bond acceptors (Lipinski definition) is 8. The first-order valence-electron chi connectivity index (χ1n) is 11.2. The van der Waals surface area contributed by atoms with Crippen molar-refractivity contribution >= 4 is 32.7 Å². The van der Waals surface area contributed by atoms with Crippen LogP contribution in [0.3, 0.4) is 0 Å². The van der Waals surface area contributed by atoms with Crippen molar-refractivity contribution in [3.63, 3.8) is 0 Å². The summed E-state index contributed by atoms with van der Waals surface area (Å²) in [6, 6.07) is 7.90. The number of aryl methyl sites for hydroxylation is 1. The second-order valence-corrected chi connectivity index (χ2v) is 9.87. The van der Waals surface area contributed by atoms with Crippen molar-refractivity contribution in [1.82, 2.24) is 34.8 Å². The van der Waals surface area contributed by atoms with E-state index in [0.717, 1.165) is 34.0 Å². The van der Waals surface area contributed by atoms with Gasteiger partial charge >= 0.3 is 0 Å². The average molecular weight is 461 g/mol. The van der Waals surface area contributed by atoms with Crippen molar-refractivity contribution in [3.05, 3.63) is 54.2 Å². The van der Waals surface area contributed by atoms with Gasteiger partial charge in [-0.25, -0.2) is 15.0 Å². The first-order chi connectivity index (χ1) is 16.1. The predicted molar refractivity (Wildman–Crippen MR) is 125 cm³/mol. The molecule has 4 aromatic rings. The van der Waals surface area contributed by atoms with Gasteiger partial charge in [0.25, 0.3) is 5.91 Å². The summed E-state index contributed by atoms with van der Waals surface area (Å²) in [4.78, 5) is 32.1. The Kier molecular flexibility index (Phi) is 4.83. The van der Waals surface area contributed by atoms with Gasteiger partial charge in [-0.3, -0.25) is 4.79 Å². The van der Waals surface area contributed by atoms with Crippen LogP contribution >= 0.6 is 11.3 Å². The summed E-state index contributed by atoms with van der Waals surface area (Å²) in [7, 11) is 0. The average Bonchev–Trinajstić information content (AvgIpc) is 3.46. The molecule has 2 bridgehead atoms. The molecule has 10 heteroatoms. The molecule has 1 saturated carbocycles. The molecule has 0 spiro atoms. The summed E-state index contributed by atoms with van der Waals surface area (Å²) >= 11 is 1.54. The minimum absolute atomic E-state index is 0.0516. The Bertz CT molecular complexity index is 1280. The second kappa shape index (κ2) is 7.87. The smallest absolute Gasteiger partial charge is 0.275 e. The molecular weight excluding hydrogens is 436 g/mol. The molecule has 1 N–H and O–H groups in total. The van der Waals surface area contributed by atoms with E-state index in [1.807, 2.05) is 31.2 Å². The molecule has 1 unspecified atom stereocenters. The van der Waals surface area contributed by atoms with Crippen molar-refractivity contribution in [1.29, 1.82) is 0 Å². The molecule has 0 radical (unpaired) electrons. The van der Waals surface area contributed by atoms with Gasteiger partial charge in [-0.2, -0.15) is 10.2 Å². The van der Waals surface area contributed by atoms with E-state index in [4.69, 9.17) is 0 Å². The molecule has 33 heavy (non-hydrogen) atoms. The third-order valence-electron chi connectivity index (χ3n) is 6.96. The van der Waals surface area contributed by atoms with E-state index in [9.17, 15) is 4.79 Å². The van der Waals surface area contributed by atoms with Crippen LogP contribution in [-0.2, 0) is 0 Å². The maximum Gasteiger partial charge on any atom is 0.275 e. The predicted octanol–water partition coefficient (Wildman–Crippen LogP) is 3.33. The minimum atomic E-state index is -0.0567. The molecule has 6 heterocycles. The summed E-state index contributed by atoms with van der Waals surface area (Å²) in [5.41, 5.74) is 2.69. The zero-order valence-electron chi connectivity index (χ0n) is 18.4. The molecule has 2 aliphatic heterocycles. The molecule has 9 nitrogen and oxygen atoms in total. The lowest BCUT2D eigenvalue weighted by atomic mass is 9.64. The molecule has 168 valence electrons. The van der Waals surface area contributed by atoms with Gasteiger partial charge in [0, 0.05) is 24.5 Å². The Morgan fingerprint density at radius 1 is 1.15 bits per heavy atom. The van der Waals surface area contributed by atoms with E-state index in [2.05, 4.69) is 42.3 Å². The van der Waals surface area contributed by atoms with Crippen LogP contribution in [0.15, 0.2) is 42.9 Å². The number of carbonyl (C=O) groups excluding carboxylic acids is 1. The second-order valence-electron chi connectivity index (χ2n) is 8.89. The molecule has 1 aliphatic carbocycles. The Morgan fingerprint density at radius 3 is 2.76 bits per heavy atom. The number of piperidine rings is 2. The molecule has 0 aromatic carbocycles. The lowest BCUT2D eigenvalue weighted by Crippen LogP contribution is -2.64. The van der Waals surface area contributed by atoms with Crippen molar-refractivity contribution in [2.75, 3.05) is 11.9 Å². The topological polar surface area (TPSA) is 102 Å². The van der Waals surface area contributed by atoms with Gasteiger partial charge in [0.2, 0.25) is 0 Å². The highest BCUT2D eigenvalue weighted by molar-refractivity contribution is 7.21. The number of hydrogen-bond donors (Lipinski definition) is 1. The zero-order valence-corrected chi connectivity index (χ0v) is 19.2. The number of amides is 1. The maximum atomic E-state index is 14.0. The fraction of sp³-hybridized carbons (Fsp3) is 0.391. The van der Waals surface area contributed by atoms with E-state index in [1.54, 1.807) is 18.6 Å². The minimum Gasteiger partial charge on any atom is -0.359 e. The number of pyridine rings is 2. The summed E-state index contributed by atoms with van der Waals surface area (Å²) in [5.74, 6) is 0.981. The van der Waals surface area contributed by atoms with Crippen LogP contribution < -0.4 is 5.32 Å². The number of nitrogens with one attached hydrogen (secondary N) is 1. The molecule has 2 saturated heterocycles. The van der Waals surface area contributed by atoms with Gasteiger partial charge in [-0.15, -0.1) is 4.80 Å². The summed E-state index contributed by atoms with van der Waals surface area (Å²) < 4.78 is 0. The summed E-state index contributed by atoms with van der Waals surface area (Å²) in [5, 5.41) is 12.8. The van der Waals surface area contributed by atoms with Crippen LogP contribution in [0, 0.1) is 18.8 Å². The normalized spacial score (nSPS) is 24.0.